The number of aryl methyl sites for hydroxylation is 1. The van der Waals surface area contributed by atoms with Gasteiger partial charge in [0.15, 0.2) is 5.78 Å². The third kappa shape index (κ3) is 2.02. The van der Waals surface area contributed by atoms with Gasteiger partial charge in [0.1, 0.15) is 5.65 Å². The normalized spacial score (nSPS) is 10.8. The van der Waals surface area contributed by atoms with E-state index >= 15 is 0 Å². The topological polar surface area (TPSA) is 45.8 Å². The van der Waals surface area contributed by atoms with Gasteiger partial charge in [0.2, 0.25) is 0 Å². The number of nitrogens with zero attached hydrogens (tertiary/aromatic N) is 1. The van der Waals surface area contributed by atoms with Crippen molar-refractivity contribution in [1.29, 1.82) is 0 Å². The molecule has 19 heavy (non-hydrogen) atoms. The number of aromatic amines is 1. The number of halogens is 1. The van der Waals surface area contributed by atoms with Crippen molar-refractivity contribution in [2.24, 2.45) is 0 Å². The van der Waals surface area contributed by atoms with Crippen LogP contribution in [0.15, 0.2) is 42.7 Å². The smallest absolute Gasteiger partial charge is 0.195 e. The Morgan fingerprint density at radius 1 is 1.32 bits per heavy atom. The van der Waals surface area contributed by atoms with Gasteiger partial charge < -0.3 is 4.98 Å². The van der Waals surface area contributed by atoms with Crippen molar-refractivity contribution in [3.05, 3.63) is 64.4 Å². The molecule has 0 saturated carbocycles. The molecule has 0 fully saturated rings. The van der Waals surface area contributed by atoms with Crippen molar-refractivity contribution >= 4 is 28.4 Å². The second kappa shape index (κ2) is 4.52. The van der Waals surface area contributed by atoms with E-state index < -0.39 is 0 Å². The van der Waals surface area contributed by atoms with Crippen molar-refractivity contribution in [1.82, 2.24) is 9.97 Å². The molecule has 0 aliphatic heterocycles. The van der Waals surface area contributed by atoms with Gasteiger partial charge in [-0.25, -0.2) is 4.98 Å². The Hall–Kier alpha value is -2.13. The molecule has 0 atom stereocenters. The van der Waals surface area contributed by atoms with Gasteiger partial charge in [-0.05, 0) is 19.1 Å². The Kier molecular flexibility index (Phi) is 2.84. The molecule has 1 aromatic carbocycles. The van der Waals surface area contributed by atoms with Gasteiger partial charge >= 0.3 is 0 Å². The Balaban J connectivity index is 2.17. The van der Waals surface area contributed by atoms with Crippen LogP contribution in [0.4, 0.5) is 0 Å². The third-order valence-corrected chi connectivity index (χ3v) is 3.36. The van der Waals surface area contributed by atoms with Gasteiger partial charge in [-0.2, -0.15) is 0 Å². The molecule has 0 unspecified atom stereocenters. The first kappa shape index (κ1) is 11.9. The summed E-state index contributed by atoms with van der Waals surface area (Å²) >= 11 is 6.15. The van der Waals surface area contributed by atoms with Crippen LogP contribution in [0, 0.1) is 6.92 Å². The van der Waals surface area contributed by atoms with E-state index in [4.69, 9.17) is 11.6 Å². The zero-order valence-corrected chi connectivity index (χ0v) is 11.0. The SMILES string of the molecule is Cc1cccc(C(=O)c2c[nH]c3nccc(Cl)c23)c1. The van der Waals surface area contributed by atoms with E-state index in [1.54, 1.807) is 24.5 Å². The minimum Gasteiger partial charge on any atom is -0.345 e. The predicted octanol–water partition coefficient (Wildman–Crippen LogP) is 3.76. The van der Waals surface area contributed by atoms with E-state index in [0.29, 0.717) is 27.2 Å². The van der Waals surface area contributed by atoms with Gasteiger partial charge in [-0.15, -0.1) is 0 Å². The van der Waals surface area contributed by atoms with Crippen LogP contribution in [0.3, 0.4) is 0 Å². The first-order valence-corrected chi connectivity index (χ1v) is 6.27. The number of rotatable bonds is 2. The van der Waals surface area contributed by atoms with E-state index in [0.717, 1.165) is 5.56 Å². The first-order chi connectivity index (χ1) is 9.16. The molecule has 2 aromatic heterocycles. The number of fused-ring (bicyclic) bond motifs is 1. The van der Waals surface area contributed by atoms with Crippen molar-refractivity contribution in [2.75, 3.05) is 0 Å². The molecule has 3 aromatic rings. The van der Waals surface area contributed by atoms with Crippen LogP contribution in [0.1, 0.15) is 21.5 Å². The number of aromatic nitrogens is 2. The van der Waals surface area contributed by atoms with E-state index in [2.05, 4.69) is 9.97 Å². The first-order valence-electron chi connectivity index (χ1n) is 5.90. The number of hydrogen-bond donors (Lipinski definition) is 1. The summed E-state index contributed by atoms with van der Waals surface area (Å²) in [6, 6.07) is 9.19. The second-order valence-corrected chi connectivity index (χ2v) is 4.82. The monoisotopic (exact) mass is 270 g/mol. The Morgan fingerprint density at radius 2 is 2.16 bits per heavy atom. The molecule has 3 nitrogen and oxygen atoms in total. The van der Waals surface area contributed by atoms with Crippen molar-refractivity contribution < 1.29 is 4.79 Å². The maximum Gasteiger partial charge on any atom is 0.195 e. The molecule has 2 heterocycles. The number of hydrogen-bond acceptors (Lipinski definition) is 2. The Morgan fingerprint density at radius 3 is 2.95 bits per heavy atom. The third-order valence-electron chi connectivity index (χ3n) is 3.05. The highest BCUT2D eigenvalue weighted by atomic mass is 35.5. The summed E-state index contributed by atoms with van der Waals surface area (Å²) in [7, 11) is 0. The number of benzene rings is 1. The summed E-state index contributed by atoms with van der Waals surface area (Å²) in [6.07, 6.45) is 3.27. The van der Waals surface area contributed by atoms with Crippen LogP contribution in [0.25, 0.3) is 11.0 Å². The van der Waals surface area contributed by atoms with E-state index in [1.165, 1.54) is 0 Å². The average molecular weight is 271 g/mol. The standard InChI is InChI=1S/C15H11ClN2O/c1-9-3-2-4-10(7-9)14(19)11-8-18-15-13(11)12(16)5-6-17-15/h2-8H,1H3,(H,17,18). The van der Waals surface area contributed by atoms with Crippen LogP contribution in [-0.4, -0.2) is 15.8 Å². The highest BCUT2D eigenvalue weighted by Crippen LogP contribution is 2.26. The van der Waals surface area contributed by atoms with Gasteiger partial charge in [0.05, 0.1) is 10.6 Å². The van der Waals surface area contributed by atoms with Crippen molar-refractivity contribution in [3.63, 3.8) is 0 Å². The van der Waals surface area contributed by atoms with Gasteiger partial charge in [0, 0.05) is 23.3 Å². The quantitative estimate of drug-likeness (QED) is 0.721. The summed E-state index contributed by atoms with van der Waals surface area (Å²) in [6.45, 7) is 1.96. The molecule has 4 heteroatoms. The highest BCUT2D eigenvalue weighted by molar-refractivity contribution is 6.37. The fourth-order valence-corrected chi connectivity index (χ4v) is 2.39. The number of H-pyrrole nitrogens is 1. The lowest BCUT2D eigenvalue weighted by Crippen LogP contribution is -2.00. The van der Waals surface area contributed by atoms with Gasteiger partial charge in [-0.3, -0.25) is 4.79 Å². The molecule has 0 amide bonds. The fourth-order valence-electron chi connectivity index (χ4n) is 2.14. The summed E-state index contributed by atoms with van der Waals surface area (Å²) in [5, 5.41) is 1.21. The summed E-state index contributed by atoms with van der Waals surface area (Å²) in [5.74, 6) is -0.0511. The molecule has 0 aliphatic carbocycles. The molecule has 3 rings (SSSR count). The summed E-state index contributed by atoms with van der Waals surface area (Å²) in [4.78, 5) is 19.7. The molecule has 94 valence electrons. The summed E-state index contributed by atoms with van der Waals surface area (Å²) in [5.41, 5.74) is 2.89. The highest BCUT2D eigenvalue weighted by Gasteiger charge is 2.16. The van der Waals surface area contributed by atoms with Crippen molar-refractivity contribution in [3.8, 4) is 0 Å². The zero-order valence-electron chi connectivity index (χ0n) is 10.3. The van der Waals surface area contributed by atoms with Crippen molar-refractivity contribution in [2.45, 2.75) is 6.92 Å². The Bertz CT molecular complexity index is 777. The van der Waals surface area contributed by atoms with Crippen LogP contribution < -0.4 is 0 Å². The molecular weight excluding hydrogens is 260 g/mol. The molecule has 0 saturated heterocycles. The van der Waals surface area contributed by atoms with Crippen LogP contribution >= 0.6 is 11.6 Å². The lowest BCUT2D eigenvalue weighted by atomic mass is 10.0. The average Bonchev–Trinajstić information content (AvgIpc) is 2.83. The largest absolute Gasteiger partial charge is 0.345 e. The second-order valence-electron chi connectivity index (χ2n) is 4.42. The number of carbonyl (C=O) groups excluding carboxylic acids is 1. The molecule has 0 spiro atoms. The predicted molar refractivity (Wildman–Crippen MR) is 75.7 cm³/mol. The lowest BCUT2D eigenvalue weighted by molar-refractivity contribution is 0.104. The molecule has 1 N–H and O–H groups in total. The van der Waals surface area contributed by atoms with Crippen LogP contribution in [0.2, 0.25) is 5.02 Å². The number of ketones is 1. The minimum absolute atomic E-state index is 0.0511. The number of carbonyl (C=O) groups is 1. The van der Waals surface area contributed by atoms with Crippen LogP contribution in [-0.2, 0) is 0 Å². The van der Waals surface area contributed by atoms with E-state index in [9.17, 15) is 4.79 Å². The fraction of sp³-hybridized carbons (Fsp3) is 0.0667. The lowest BCUT2D eigenvalue weighted by Gasteiger charge is -2.02. The molecule has 0 bridgehead atoms. The van der Waals surface area contributed by atoms with E-state index in [-0.39, 0.29) is 5.78 Å². The zero-order chi connectivity index (χ0) is 13.4. The molecule has 0 aliphatic rings. The van der Waals surface area contributed by atoms with Gasteiger partial charge in [-0.1, -0.05) is 35.4 Å². The molecular formula is C15H11ClN2O. The van der Waals surface area contributed by atoms with Gasteiger partial charge in [0.25, 0.3) is 0 Å². The molecule has 0 radical (unpaired) electrons. The summed E-state index contributed by atoms with van der Waals surface area (Å²) < 4.78 is 0. The Labute approximate surface area is 115 Å². The maximum atomic E-state index is 12.5. The number of pyridine rings is 1. The minimum atomic E-state index is -0.0511. The maximum absolute atomic E-state index is 12.5. The van der Waals surface area contributed by atoms with Crippen LogP contribution in [0.5, 0.6) is 0 Å². The number of nitrogens with one attached hydrogen (secondary N) is 1. The van der Waals surface area contributed by atoms with E-state index in [1.807, 2.05) is 25.1 Å².